The summed E-state index contributed by atoms with van der Waals surface area (Å²) in [7, 11) is 0. The molecule has 0 aliphatic carbocycles. The van der Waals surface area contributed by atoms with Crippen molar-refractivity contribution in [1.29, 1.82) is 0 Å². The van der Waals surface area contributed by atoms with E-state index < -0.39 is 0 Å². The highest BCUT2D eigenvalue weighted by atomic mass is 79.9. The average molecular weight is 265 g/mol. The van der Waals surface area contributed by atoms with Crippen LogP contribution in [0.15, 0.2) is 33.2 Å². The third-order valence-electron chi connectivity index (χ3n) is 2.45. The fourth-order valence-electron chi connectivity index (χ4n) is 1.67. The van der Waals surface area contributed by atoms with Crippen molar-refractivity contribution >= 4 is 15.9 Å². The summed E-state index contributed by atoms with van der Waals surface area (Å²) in [5.74, 6) is 1.68. The fraction of sp³-hybridized carbons (Fsp3) is 0.182. The highest BCUT2D eigenvalue weighted by Crippen LogP contribution is 2.25. The first kappa shape index (κ1) is 9.12. The molecule has 76 valence electrons. The van der Waals surface area contributed by atoms with Gasteiger partial charge in [0, 0.05) is 16.6 Å². The van der Waals surface area contributed by atoms with E-state index in [1.807, 2.05) is 24.3 Å². The number of aromatic nitrogens is 1. The highest BCUT2D eigenvalue weighted by Gasteiger charge is 2.18. The van der Waals surface area contributed by atoms with Gasteiger partial charge in [0.15, 0.2) is 0 Å². The van der Waals surface area contributed by atoms with E-state index in [1.165, 1.54) is 0 Å². The third kappa shape index (κ3) is 1.60. The van der Waals surface area contributed by atoms with Crippen molar-refractivity contribution in [3.05, 3.63) is 40.2 Å². The molecule has 0 bridgehead atoms. The Balaban J connectivity index is 2.02. The molecule has 4 heteroatoms. The van der Waals surface area contributed by atoms with Crippen LogP contribution in [0.3, 0.4) is 0 Å². The predicted molar refractivity (Wildman–Crippen MR) is 60.2 cm³/mol. The van der Waals surface area contributed by atoms with E-state index in [2.05, 4.69) is 26.2 Å². The summed E-state index contributed by atoms with van der Waals surface area (Å²) in [6.45, 7) is 1.61. The van der Waals surface area contributed by atoms with Gasteiger partial charge in [-0.2, -0.15) is 0 Å². The van der Waals surface area contributed by atoms with Crippen molar-refractivity contribution in [2.45, 2.75) is 13.1 Å². The first-order valence-electron chi connectivity index (χ1n) is 4.78. The van der Waals surface area contributed by atoms with Crippen molar-refractivity contribution in [1.82, 2.24) is 10.3 Å². The number of nitrogens with one attached hydrogen (secondary N) is 1. The van der Waals surface area contributed by atoms with Crippen LogP contribution in [-0.2, 0) is 13.1 Å². The Morgan fingerprint density at radius 1 is 1.20 bits per heavy atom. The maximum atomic E-state index is 5.66. The number of hydrogen-bond donors (Lipinski definition) is 1. The van der Waals surface area contributed by atoms with Crippen LogP contribution >= 0.6 is 15.9 Å². The second kappa shape index (κ2) is 3.47. The quantitative estimate of drug-likeness (QED) is 0.861. The first-order valence-corrected chi connectivity index (χ1v) is 5.57. The smallest absolute Gasteiger partial charge is 0.226 e. The van der Waals surface area contributed by atoms with Gasteiger partial charge in [-0.1, -0.05) is 15.9 Å². The van der Waals surface area contributed by atoms with Gasteiger partial charge in [-0.05, 0) is 24.3 Å². The van der Waals surface area contributed by atoms with Crippen LogP contribution < -0.4 is 5.32 Å². The molecule has 1 aliphatic heterocycles. The molecule has 0 saturated carbocycles. The summed E-state index contributed by atoms with van der Waals surface area (Å²) in [6, 6.07) is 7.98. The highest BCUT2D eigenvalue weighted by molar-refractivity contribution is 9.10. The van der Waals surface area contributed by atoms with Crippen LogP contribution in [0.2, 0.25) is 0 Å². The van der Waals surface area contributed by atoms with Gasteiger partial charge in [0.1, 0.15) is 5.76 Å². The Hall–Kier alpha value is -1.13. The molecule has 0 amide bonds. The fourth-order valence-corrected chi connectivity index (χ4v) is 1.93. The van der Waals surface area contributed by atoms with Crippen molar-refractivity contribution in [3.63, 3.8) is 0 Å². The van der Waals surface area contributed by atoms with E-state index in [0.29, 0.717) is 5.89 Å². The van der Waals surface area contributed by atoms with Gasteiger partial charge in [0.25, 0.3) is 0 Å². The molecule has 1 N–H and O–H groups in total. The van der Waals surface area contributed by atoms with Crippen LogP contribution in [0.5, 0.6) is 0 Å². The van der Waals surface area contributed by atoms with E-state index in [4.69, 9.17) is 4.42 Å². The van der Waals surface area contributed by atoms with E-state index in [1.54, 1.807) is 0 Å². The zero-order valence-electron chi connectivity index (χ0n) is 7.96. The third-order valence-corrected chi connectivity index (χ3v) is 2.98. The molecule has 0 atom stereocenters. The Labute approximate surface area is 95.6 Å². The lowest BCUT2D eigenvalue weighted by Gasteiger charge is -1.96. The largest absolute Gasteiger partial charge is 0.439 e. The van der Waals surface area contributed by atoms with Gasteiger partial charge >= 0.3 is 0 Å². The lowest BCUT2D eigenvalue weighted by molar-refractivity contribution is 0.511. The van der Waals surface area contributed by atoms with E-state index >= 15 is 0 Å². The minimum atomic E-state index is 0.717. The Kier molecular flexibility index (Phi) is 2.11. The second-order valence-electron chi connectivity index (χ2n) is 3.50. The molecule has 1 aliphatic rings. The summed E-state index contributed by atoms with van der Waals surface area (Å²) in [4.78, 5) is 4.45. The van der Waals surface area contributed by atoms with Crippen molar-refractivity contribution in [3.8, 4) is 11.5 Å². The van der Waals surface area contributed by atoms with Gasteiger partial charge in [-0.25, -0.2) is 4.98 Å². The molecule has 2 aromatic rings. The van der Waals surface area contributed by atoms with Crippen LogP contribution in [0.4, 0.5) is 0 Å². The summed E-state index contributed by atoms with van der Waals surface area (Å²) in [5.41, 5.74) is 2.06. The van der Waals surface area contributed by atoms with Gasteiger partial charge in [0.2, 0.25) is 5.89 Å². The van der Waals surface area contributed by atoms with Crippen molar-refractivity contribution in [2.24, 2.45) is 0 Å². The number of hydrogen-bond acceptors (Lipinski definition) is 3. The average Bonchev–Trinajstić information content (AvgIpc) is 2.78. The van der Waals surface area contributed by atoms with Gasteiger partial charge in [0.05, 0.1) is 12.2 Å². The van der Waals surface area contributed by atoms with Crippen LogP contribution in [0.25, 0.3) is 11.5 Å². The summed E-state index contributed by atoms with van der Waals surface area (Å²) < 4.78 is 6.73. The molecule has 0 radical (unpaired) electrons. The van der Waals surface area contributed by atoms with Crippen molar-refractivity contribution in [2.75, 3.05) is 0 Å². The molecule has 0 spiro atoms. The lowest BCUT2D eigenvalue weighted by Crippen LogP contribution is -2.01. The summed E-state index contributed by atoms with van der Waals surface area (Å²) in [5, 5.41) is 3.19. The molecule has 0 unspecified atom stereocenters. The van der Waals surface area contributed by atoms with Gasteiger partial charge < -0.3 is 9.73 Å². The van der Waals surface area contributed by atoms with Crippen LogP contribution in [0.1, 0.15) is 11.5 Å². The normalized spacial score (nSPS) is 14.2. The Bertz CT molecular complexity index is 468. The molecule has 0 fully saturated rings. The Morgan fingerprint density at radius 3 is 2.73 bits per heavy atom. The molecule has 1 aromatic heterocycles. The van der Waals surface area contributed by atoms with E-state index in [-0.39, 0.29) is 0 Å². The summed E-state index contributed by atoms with van der Waals surface area (Å²) in [6.07, 6.45) is 0. The SMILES string of the molecule is Brc1ccc(-c2nc3c(o2)CNC3)cc1. The number of rotatable bonds is 1. The zero-order valence-corrected chi connectivity index (χ0v) is 9.54. The van der Waals surface area contributed by atoms with Gasteiger partial charge in [-0.3, -0.25) is 0 Å². The van der Waals surface area contributed by atoms with Crippen LogP contribution in [0, 0.1) is 0 Å². The topological polar surface area (TPSA) is 38.1 Å². The summed E-state index contributed by atoms with van der Waals surface area (Å²) >= 11 is 3.40. The van der Waals surface area contributed by atoms with E-state index in [9.17, 15) is 0 Å². The van der Waals surface area contributed by atoms with Crippen molar-refractivity contribution < 1.29 is 4.42 Å². The first-order chi connectivity index (χ1) is 7.33. The maximum absolute atomic E-state index is 5.66. The molecular weight excluding hydrogens is 256 g/mol. The zero-order chi connectivity index (χ0) is 10.3. The molecule has 0 saturated heterocycles. The number of benzene rings is 1. The number of oxazole rings is 1. The molecule has 15 heavy (non-hydrogen) atoms. The predicted octanol–water partition coefficient (Wildman–Crippen LogP) is 2.71. The molecule has 1 aromatic carbocycles. The lowest BCUT2D eigenvalue weighted by atomic mass is 10.2. The standard InChI is InChI=1S/C11H9BrN2O/c12-8-3-1-7(2-4-8)11-14-9-5-13-6-10(9)15-11/h1-4,13H,5-6H2. The van der Waals surface area contributed by atoms with E-state index in [0.717, 1.165) is 34.6 Å². The number of halogens is 1. The molecular formula is C11H9BrN2O. The second-order valence-corrected chi connectivity index (χ2v) is 4.42. The maximum Gasteiger partial charge on any atom is 0.226 e. The minimum absolute atomic E-state index is 0.717. The minimum Gasteiger partial charge on any atom is -0.439 e. The van der Waals surface area contributed by atoms with Gasteiger partial charge in [-0.15, -0.1) is 0 Å². The molecule has 2 heterocycles. The molecule has 3 rings (SSSR count). The molecule has 3 nitrogen and oxygen atoms in total. The number of nitrogens with zero attached hydrogens (tertiary/aromatic N) is 1. The number of fused-ring (bicyclic) bond motifs is 1. The monoisotopic (exact) mass is 264 g/mol. The van der Waals surface area contributed by atoms with Crippen LogP contribution in [-0.4, -0.2) is 4.98 Å². The Morgan fingerprint density at radius 2 is 2.00 bits per heavy atom.